The lowest BCUT2D eigenvalue weighted by Crippen LogP contribution is -2.47. The van der Waals surface area contributed by atoms with Crippen molar-refractivity contribution in [1.82, 2.24) is 15.3 Å². The Bertz CT molecular complexity index is 697. The Balaban J connectivity index is 1.69. The Morgan fingerprint density at radius 1 is 1.04 bits per heavy atom. The van der Waals surface area contributed by atoms with E-state index in [9.17, 15) is 0 Å². The van der Waals surface area contributed by atoms with Gasteiger partial charge in [0.15, 0.2) is 5.11 Å². The van der Waals surface area contributed by atoms with E-state index in [1.165, 1.54) is 5.69 Å². The van der Waals surface area contributed by atoms with Crippen LogP contribution in [0.5, 0.6) is 0 Å². The van der Waals surface area contributed by atoms with Gasteiger partial charge >= 0.3 is 0 Å². The molecule has 24 heavy (non-hydrogen) atoms. The second kappa shape index (κ2) is 7.44. The van der Waals surface area contributed by atoms with E-state index in [2.05, 4.69) is 54.7 Å². The zero-order chi connectivity index (χ0) is 16.9. The summed E-state index contributed by atoms with van der Waals surface area (Å²) in [5.74, 6) is 1.48. The molecule has 126 valence electrons. The molecule has 0 aliphatic carbocycles. The van der Waals surface area contributed by atoms with Crippen LogP contribution < -0.4 is 20.4 Å². The molecule has 1 fully saturated rings. The Morgan fingerprint density at radius 3 is 2.38 bits per heavy atom. The third-order valence-corrected chi connectivity index (χ3v) is 4.32. The molecule has 0 spiro atoms. The molecule has 2 aromatic rings. The van der Waals surface area contributed by atoms with Gasteiger partial charge in [-0.2, -0.15) is 4.98 Å². The molecular weight excluding hydrogens is 320 g/mol. The first-order valence-electron chi connectivity index (χ1n) is 8.05. The van der Waals surface area contributed by atoms with E-state index in [1.807, 2.05) is 19.1 Å². The maximum Gasteiger partial charge on any atom is 0.231 e. The monoisotopic (exact) mass is 342 g/mol. The maximum absolute atomic E-state index is 5.13. The van der Waals surface area contributed by atoms with E-state index < -0.39 is 0 Å². The van der Waals surface area contributed by atoms with Gasteiger partial charge in [0.2, 0.25) is 5.95 Å². The number of aryl methyl sites for hydroxylation is 1. The lowest BCUT2D eigenvalue weighted by molar-refractivity contribution is 0.647. The Labute approximate surface area is 147 Å². The molecule has 0 saturated carbocycles. The lowest BCUT2D eigenvalue weighted by atomic mass is 10.2. The molecule has 0 atom stereocenters. The number of benzene rings is 1. The Hall–Kier alpha value is -2.41. The van der Waals surface area contributed by atoms with Crippen LogP contribution >= 0.6 is 12.2 Å². The van der Waals surface area contributed by atoms with Gasteiger partial charge in [-0.05, 0) is 31.3 Å². The van der Waals surface area contributed by atoms with Gasteiger partial charge in [0, 0.05) is 50.7 Å². The summed E-state index contributed by atoms with van der Waals surface area (Å²) in [5.41, 5.74) is 2.20. The second-order valence-corrected chi connectivity index (χ2v) is 6.11. The van der Waals surface area contributed by atoms with Gasteiger partial charge in [0.25, 0.3) is 0 Å². The van der Waals surface area contributed by atoms with Gasteiger partial charge < -0.3 is 20.4 Å². The van der Waals surface area contributed by atoms with Crippen molar-refractivity contribution in [2.24, 2.45) is 0 Å². The average molecular weight is 342 g/mol. The summed E-state index contributed by atoms with van der Waals surface area (Å²) in [6.07, 6.45) is 0. The van der Waals surface area contributed by atoms with E-state index in [1.54, 1.807) is 7.05 Å². The summed E-state index contributed by atoms with van der Waals surface area (Å²) >= 11 is 5.13. The highest BCUT2D eigenvalue weighted by Gasteiger charge is 2.19. The van der Waals surface area contributed by atoms with Crippen molar-refractivity contribution in [2.45, 2.75) is 6.92 Å². The first-order valence-corrected chi connectivity index (χ1v) is 8.46. The molecule has 0 amide bonds. The number of aromatic nitrogens is 2. The van der Waals surface area contributed by atoms with Gasteiger partial charge in [-0.1, -0.05) is 18.2 Å². The van der Waals surface area contributed by atoms with E-state index in [0.717, 1.165) is 37.7 Å². The first-order chi connectivity index (χ1) is 11.7. The smallest absolute Gasteiger partial charge is 0.231 e. The average Bonchev–Trinajstić information content (AvgIpc) is 2.62. The van der Waals surface area contributed by atoms with Crippen LogP contribution in [0, 0.1) is 6.92 Å². The number of hydrogen-bond donors (Lipinski definition) is 2. The zero-order valence-corrected chi connectivity index (χ0v) is 14.8. The fraction of sp³-hybridized carbons (Fsp3) is 0.353. The molecule has 1 aliphatic rings. The van der Waals surface area contributed by atoms with Gasteiger partial charge in [-0.15, -0.1) is 0 Å². The van der Waals surface area contributed by atoms with E-state index in [0.29, 0.717) is 11.1 Å². The molecule has 2 N–H and O–H groups in total. The quantitative estimate of drug-likeness (QED) is 0.828. The summed E-state index contributed by atoms with van der Waals surface area (Å²) in [5, 5.41) is 6.40. The van der Waals surface area contributed by atoms with Crippen LogP contribution in [0.15, 0.2) is 36.4 Å². The van der Waals surface area contributed by atoms with Crippen LogP contribution in [0.4, 0.5) is 17.5 Å². The molecule has 2 heterocycles. The fourth-order valence-electron chi connectivity index (χ4n) is 2.77. The molecule has 1 aromatic carbocycles. The Morgan fingerprint density at radius 2 is 1.71 bits per heavy atom. The minimum absolute atomic E-state index is 0.514. The summed E-state index contributed by atoms with van der Waals surface area (Å²) in [7, 11) is 1.77. The number of piperazine rings is 1. The number of thiocarbonyl (C=S) groups is 1. The third-order valence-electron chi connectivity index (χ3n) is 4.02. The third kappa shape index (κ3) is 3.91. The predicted molar refractivity (Wildman–Crippen MR) is 103 cm³/mol. The summed E-state index contributed by atoms with van der Waals surface area (Å²) in [4.78, 5) is 13.7. The standard InChI is InChI=1S/C17H22N6S/c1-13-12-15(20-16(19-13)21-17(24)18-2)23-10-8-22(9-11-23)14-6-4-3-5-7-14/h3-7,12H,8-11H2,1-2H3,(H2,18,19,20,21,24). The molecular formula is C17H22N6S. The molecule has 1 aliphatic heterocycles. The molecule has 7 heteroatoms. The van der Waals surface area contributed by atoms with Crippen molar-refractivity contribution >= 4 is 34.8 Å². The van der Waals surface area contributed by atoms with Crippen LogP contribution in [-0.4, -0.2) is 48.3 Å². The van der Waals surface area contributed by atoms with Crippen LogP contribution in [0.2, 0.25) is 0 Å². The number of nitrogens with zero attached hydrogens (tertiary/aromatic N) is 4. The first kappa shape index (κ1) is 16.4. The van der Waals surface area contributed by atoms with Crippen LogP contribution in [0.25, 0.3) is 0 Å². The van der Waals surface area contributed by atoms with Crippen molar-refractivity contribution in [3.63, 3.8) is 0 Å². The normalized spacial score (nSPS) is 14.4. The zero-order valence-electron chi connectivity index (χ0n) is 14.0. The largest absolute Gasteiger partial charge is 0.368 e. The molecule has 3 rings (SSSR count). The van der Waals surface area contributed by atoms with Crippen LogP contribution in [-0.2, 0) is 0 Å². The summed E-state index contributed by atoms with van der Waals surface area (Å²) in [6.45, 7) is 5.79. The highest BCUT2D eigenvalue weighted by molar-refractivity contribution is 7.80. The number of para-hydroxylation sites is 1. The highest BCUT2D eigenvalue weighted by Crippen LogP contribution is 2.20. The summed E-state index contributed by atoms with van der Waals surface area (Å²) in [6, 6.07) is 12.5. The number of rotatable bonds is 3. The van der Waals surface area contributed by atoms with Gasteiger partial charge in [-0.25, -0.2) is 4.98 Å². The van der Waals surface area contributed by atoms with E-state index in [-0.39, 0.29) is 0 Å². The highest BCUT2D eigenvalue weighted by atomic mass is 32.1. The Kier molecular flexibility index (Phi) is 5.10. The summed E-state index contributed by atoms with van der Waals surface area (Å²) < 4.78 is 0. The maximum atomic E-state index is 5.13. The van der Waals surface area contributed by atoms with Gasteiger partial charge in [-0.3, -0.25) is 0 Å². The van der Waals surface area contributed by atoms with Crippen molar-refractivity contribution in [1.29, 1.82) is 0 Å². The molecule has 1 aromatic heterocycles. The van der Waals surface area contributed by atoms with Gasteiger partial charge in [0.05, 0.1) is 0 Å². The predicted octanol–water partition coefficient (Wildman–Crippen LogP) is 2.03. The molecule has 1 saturated heterocycles. The molecule has 0 bridgehead atoms. The van der Waals surface area contributed by atoms with Crippen molar-refractivity contribution in [3.05, 3.63) is 42.1 Å². The van der Waals surface area contributed by atoms with E-state index in [4.69, 9.17) is 12.2 Å². The molecule has 0 radical (unpaired) electrons. The van der Waals surface area contributed by atoms with Crippen molar-refractivity contribution < 1.29 is 0 Å². The minimum atomic E-state index is 0.514. The number of nitrogens with one attached hydrogen (secondary N) is 2. The van der Waals surface area contributed by atoms with E-state index >= 15 is 0 Å². The minimum Gasteiger partial charge on any atom is -0.368 e. The van der Waals surface area contributed by atoms with Crippen LogP contribution in [0.1, 0.15) is 5.69 Å². The van der Waals surface area contributed by atoms with Crippen molar-refractivity contribution in [2.75, 3.05) is 48.3 Å². The SMILES string of the molecule is CNC(=S)Nc1nc(C)cc(N2CCN(c3ccccc3)CC2)n1. The second-order valence-electron chi connectivity index (χ2n) is 5.70. The number of anilines is 3. The van der Waals surface area contributed by atoms with Crippen LogP contribution in [0.3, 0.4) is 0 Å². The topological polar surface area (TPSA) is 56.3 Å². The fourth-order valence-corrected chi connectivity index (χ4v) is 2.86. The molecule has 6 nitrogen and oxygen atoms in total. The van der Waals surface area contributed by atoms with Crippen molar-refractivity contribution in [3.8, 4) is 0 Å². The van der Waals surface area contributed by atoms with Gasteiger partial charge in [0.1, 0.15) is 5.82 Å². The lowest BCUT2D eigenvalue weighted by Gasteiger charge is -2.36. The molecule has 0 unspecified atom stereocenters. The number of hydrogen-bond acceptors (Lipinski definition) is 5.